The number of hydrogen-bond donors (Lipinski definition) is 0. The Hall–Kier alpha value is -6.36. The van der Waals surface area contributed by atoms with E-state index < -0.39 is 0 Å². The van der Waals surface area contributed by atoms with Crippen molar-refractivity contribution in [3.8, 4) is 22.3 Å². The molecule has 1 atom stereocenters. The van der Waals surface area contributed by atoms with E-state index in [0.717, 1.165) is 12.8 Å². The molecule has 4 aliphatic rings. The number of hydrogen-bond acceptors (Lipinski definition) is 3. The third-order valence-corrected chi connectivity index (χ3v) is 19.1. The highest BCUT2D eigenvalue weighted by Gasteiger charge is 2.48. The van der Waals surface area contributed by atoms with Crippen LogP contribution in [0.3, 0.4) is 0 Å². The second-order valence-electron chi connectivity index (χ2n) is 29.3. The Morgan fingerprint density at radius 1 is 0.538 bits per heavy atom. The molecule has 2 aliphatic carbocycles. The van der Waals surface area contributed by atoms with Gasteiger partial charge in [-0.05, 0) is 155 Å². The van der Waals surface area contributed by atoms with Gasteiger partial charge in [0.1, 0.15) is 0 Å². The molecule has 3 heterocycles. The molecule has 0 bridgehead atoms. The number of allylic oxidation sites excluding steroid dienone is 3. The van der Waals surface area contributed by atoms with Crippen LogP contribution in [-0.2, 0) is 28.1 Å². The van der Waals surface area contributed by atoms with Gasteiger partial charge in [0, 0.05) is 54.2 Å². The van der Waals surface area contributed by atoms with Crippen molar-refractivity contribution >= 4 is 77.8 Å². The molecular weight excluding hydrogens is 960 g/mol. The molecule has 2 nitrogen and oxygen atoms in total. The Labute approximate surface area is 472 Å². The van der Waals surface area contributed by atoms with E-state index in [1.165, 1.54) is 127 Å². The summed E-state index contributed by atoms with van der Waals surface area (Å²) in [4.78, 5) is 5.41. The minimum Gasteiger partial charge on any atom is -0.311 e. The molecule has 7 aromatic carbocycles. The summed E-state index contributed by atoms with van der Waals surface area (Å²) in [6.45, 7) is 40.2. The second-order valence-corrected chi connectivity index (χ2v) is 30.4. The van der Waals surface area contributed by atoms with E-state index >= 15 is 0 Å². The van der Waals surface area contributed by atoms with Crippen LogP contribution < -0.4 is 25.5 Å². The lowest BCUT2D eigenvalue weighted by Gasteiger charge is -2.45. The summed E-state index contributed by atoms with van der Waals surface area (Å²) in [5, 5.41) is 1.34. The lowest BCUT2D eigenvalue weighted by molar-refractivity contribution is 0.294. The highest BCUT2D eigenvalue weighted by molar-refractivity contribution is 7.33. The van der Waals surface area contributed by atoms with Crippen LogP contribution in [0.5, 0.6) is 0 Å². The third kappa shape index (κ3) is 8.66. The molecule has 396 valence electrons. The fourth-order valence-corrected chi connectivity index (χ4v) is 14.7. The quantitative estimate of drug-likeness (QED) is 0.159. The second kappa shape index (κ2) is 17.8. The maximum absolute atomic E-state index is 2.74. The minimum atomic E-state index is -0.113. The molecule has 0 radical (unpaired) electrons. The Bertz CT molecular complexity index is 3790. The van der Waals surface area contributed by atoms with Crippen molar-refractivity contribution in [2.24, 2.45) is 16.7 Å². The van der Waals surface area contributed by atoms with E-state index in [4.69, 9.17) is 0 Å². The fourth-order valence-electron chi connectivity index (χ4n) is 13.3. The molecule has 12 rings (SSSR count). The summed E-state index contributed by atoms with van der Waals surface area (Å²) in [6, 6.07) is 55.5. The number of thiophene rings is 1. The van der Waals surface area contributed by atoms with Crippen LogP contribution in [0, 0.1) is 16.7 Å². The molecule has 0 amide bonds. The average molecular weight is 1040 g/mol. The van der Waals surface area contributed by atoms with Crippen LogP contribution in [0.2, 0.25) is 0 Å². The number of benzene rings is 7. The van der Waals surface area contributed by atoms with Crippen LogP contribution in [0.15, 0.2) is 157 Å². The summed E-state index contributed by atoms with van der Waals surface area (Å²) in [7, 11) is 0. The lowest BCUT2D eigenvalue weighted by Crippen LogP contribution is -2.61. The van der Waals surface area contributed by atoms with Crippen LogP contribution >= 0.6 is 11.3 Å². The van der Waals surface area contributed by atoms with Crippen LogP contribution in [0.4, 0.5) is 28.4 Å². The molecule has 0 saturated carbocycles. The van der Waals surface area contributed by atoms with Crippen molar-refractivity contribution in [2.45, 2.75) is 152 Å². The van der Waals surface area contributed by atoms with Gasteiger partial charge in [0.05, 0.1) is 11.4 Å². The minimum absolute atomic E-state index is 0.00856. The van der Waals surface area contributed by atoms with E-state index in [0.29, 0.717) is 5.92 Å². The predicted molar refractivity (Wildman–Crippen MR) is 342 cm³/mol. The maximum atomic E-state index is 2.74. The number of anilines is 5. The van der Waals surface area contributed by atoms with Gasteiger partial charge in [0.25, 0.3) is 6.71 Å². The molecule has 0 fully saturated rings. The van der Waals surface area contributed by atoms with Gasteiger partial charge in [-0.15, -0.1) is 11.3 Å². The Morgan fingerprint density at radius 3 is 1.81 bits per heavy atom. The molecule has 2 aliphatic heterocycles. The summed E-state index contributed by atoms with van der Waals surface area (Å²) in [5.74, 6) is 0.373. The summed E-state index contributed by atoms with van der Waals surface area (Å²) in [5.41, 5.74) is 26.5. The zero-order valence-corrected chi connectivity index (χ0v) is 50.6. The van der Waals surface area contributed by atoms with Gasteiger partial charge in [-0.1, -0.05) is 227 Å². The number of fused-ring (bicyclic) bond motifs is 9. The van der Waals surface area contributed by atoms with Crippen molar-refractivity contribution in [1.82, 2.24) is 0 Å². The number of rotatable bonds is 5. The summed E-state index contributed by atoms with van der Waals surface area (Å²) >= 11 is 2.03. The topological polar surface area (TPSA) is 6.48 Å². The molecule has 1 aromatic heterocycles. The zero-order valence-electron chi connectivity index (χ0n) is 49.8. The van der Waals surface area contributed by atoms with Gasteiger partial charge in [0.15, 0.2) is 0 Å². The first-order chi connectivity index (χ1) is 36.6. The first kappa shape index (κ1) is 52.3. The van der Waals surface area contributed by atoms with Crippen molar-refractivity contribution in [2.75, 3.05) is 9.80 Å². The molecule has 8 aromatic rings. The third-order valence-electron chi connectivity index (χ3n) is 17.9. The van der Waals surface area contributed by atoms with E-state index in [2.05, 4.69) is 279 Å². The van der Waals surface area contributed by atoms with Gasteiger partial charge in [-0.2, -0.15) is 0 Å². The normalized spacial score (nSPS) is 16.8. The molecule has 78 heavy (non-hydrogen) atoms. The molecule has 0 spiro atoms. The SMILES string of the molecule is CC(C)(C)Cc1ccc(-c2cc(C(C)(C)C)ccc2N2c3cc(C(C)(C)C)ccc3B3c4sc5cc6c(cc5c4N(C4=CCC(C(C)(C)C)C=C4c4ccc(C(C)(C)C)cc4)c4cccc2c43)-c2ccccc2C6(C)C)cc1. The van der Waals surface area contributed by atoms with Gasteiger partial charge in [0.2, 0.25) is 0 Å². The van der Waals surface area contributed by atoms with Crippen molar-refractivity contribution < 1.29 is 0 Å². The van der Waals surface area contributed by atoms with Crippen molar-refractivity contribution in [1.29, 1.82) is 0 Å². The van der Waals surface area contributed by atoms with Crippen molar-refractivity contribution in [3.63, 3.8) is 0 Å². The van der Waals surface area contributed by atoms with Gasteiger partial charge >= 0.3 is 0 Å². The Kier molecular flexibility index (Phi) is 12.0. The standard InChI is InChI=1S/C74H81BN2S/c1-69(2,3)44-45-25-27-46(28-26-45)53-39-49(71(7,8)9)34-37-60(53)76-62-23-20-24-63-66(62)75(59-36-33-51(41-64(59)76)73(13,14)15)68-67(56-42-55-52-21-18-19-22-57(52)74(16,17)58(55)43-65(56)78-68)77(63)61-38-35-50(72(10,11)12)40-54(61)47-29-31-48(32-30-47)70(4,5)6/h18-34,36-43,50H,35,44H2,1-17H3. The van der Waals surface area contributed by atoms with Crippen LogP contribution in [0.25, 0.3) is 37.9 Å². The van der Waals surface area contributed by atoms with Gasteiger partial charge in [-0.3, -0.25) is 0 Å². The summed E-state index contributed by atoms with van der Waals surface area (Å²) < 4.78 is 2.77. The smallest absolute Gasteiger partial charge is 0.264 e. The molecule has 1 unspecified atom stereocenters. The van der Waals surface area contributed by atoms with Crippen LogP contribution in [-0.4, -0.2) is 6.71 Å². The summed E-state index contributed by atoms with van der Waals surface area (Å²) in [6.07, 6.45) is 7.25. The lowest BCUT2D eigenvalue weighted by atomic mass is 9.36. The molecule has 0 N–H and O–H groups in total. The van der Waals surface area contributed by atoms with Crippen LogP contribution in [0.1, 0.15) is 163 Å². The Balaban J connectivity index is 1.16. The largest absolute Gasteiger partial charge is 0.311 e. The van der Waals surface area contributed by atoms with E-state index in [1.807, 2.05) is 11.3 Å². The first-order valence-electron chi connectivity index (χ1n) is 28.9. The molecule has 0 saturated heterocycles. The highest BCUT2D eigenvalue weighted by atomic mass is 32.1. The first-order valence-corrected chi connectivity index (χ1v) is 29.8. The predicted octanol–water partition coefficient (Wildman–Crippen LogP) is 19.1. The molecular formula is C74H81BN2S. The fraction of sp³-hybridized carbons (Fsp3) is 0.351. The number of nitrogens with zero attached hydrogens (tertiary/aromatic N) is 2. The van der Waals surface area contributed by atoms with E-state index in [9.17, 15) is 0 Å². The van der Waals surface area contributed by atoms with Crippen molar-refractivity contribution in [3.05, 3.63) is 196 Å². The highest BCUT2D eigenvalue weighted by Crippen LogP contribution is 2.55. The monoisotopic (exact) mass is 1040 g/mol. The molecule has 4 heteroatoms. The Morgan fingerprint density at radius 2 is 1.15 bits per heavy atom. The van der Waals surface area contributed by atoms with E-state index in [-0.39, 0.29) is 39.2 Å². The maximum Gasteiger partial charge on any atom is 0.264 e. The van der Waals surface area contributed by atoms with Gasteiger partial charge in [-0.25, -0.2) is 0 Å². The average Bonchev–Trinajstić information content (AvgIpc) is 3.83. The zero-order chi connectivity index (χ0) is 55.4. The van der Waals surface area contributed by atoms with E-state index in [1.54, 1.807) is 0 Å². The van der Waals surface area contributed by atoms with Gasteiger partial charge < -0.3 is 9.80 Å².